The van der Waals surface area contributed by atoms with Crippen molar-refractivity contribution in [3.63, 3.8) is 0 Å². The molecule has 0 aromatic heterocycles. The van der Waals surface area contributed by atoms with Crippen LogP contribution in [0.3, 0.4) is 0 Å². The highest BCUT2D eigenvalue weighted by Gasteiger charge is 2.11. The number of benzene rings is 2. The van der Waals surface area contributed by atoms with Crippen molar-refractivity contribution in [1.29, 1.82) is 0 Å². The smallest absolute Gasteiger partial charge is 0.127 e. The summed E-state index contributed by atoms with van der Waals surface area (Å²) in [5.41, 5.74) is 11.2. The SMILES string of the molecule is COc1cc(C/C=C(\C)CC/C=C(\C)CC/C=C(\C)CC/C=C(\C)CC/C=C(\C)CC/C=C(\C)CCC=C(C)C)c(O)c2ccccc12. The van der Waals surface area contributed by atoms with Gasteiger partial charge in [-0.2, -0.15) is 0 Å². The third-order valence-corrected chi connectivity index (χ3v) is 9.20. The lowest BCUT2D eigenvalue weighted by Gasteiger charge is -2.11. The Morgan fingerprint density at radius 3 is 1.25 bits per heavy atom. The first-order valence-corrected chi connectivity index (χ1v) is 18.3. The zero-order chi connectivity index (χ0) is 35.3. The molecule has 0 heterocycles. The van der Waals surface area contributed by atoms with Gasteiger partial charge in [-0.15, -0.1) is 0 Å². The monoisotopic (exact) mass is 651 g/mol. The first-order valence-electron chi connectivity index (χ1n) is 18.3. The second-order valence-corrected chi connectivity index (χ2v) is 14.2. The lowest BCUT2D eigenvalue weighted by Crippen LogP contribution is -1.91. The van der Waals surface area contributed by atoms with E-state index in [0.29, 0.717) is 12.2 Å². The molecule has 2 heteroatoms. The van der Waals surface area contributed by atoms with Crippen molar-refractivity contribution in [2.75, 3.05) is 7.11 Å². The molecule has 0 aliphatic heterocycles. The van der Waals surface area contributed by atoms with E-state index in [4.69, 9.17) is 4.74 Å². The highest BCUT2D eigenvalue weighted by Crippen LogP contribution is 2.36. The lowest BCUT2D eigenvalue weighted by molar-refractivity contribution is 0.417. The minimum absolute atomic E-state index is 0.356. The molecule has 0 radical (unpaired) electrons. The predicted molar refractivity (Wildman–Crippen MR) is 213 cm³/mol. The molecule has 0 unspecified atom stereocenters. The first-order chi connectivity index (χ1) is 23.0. The second-order valence-electron chi connectivity index (χ2n) is 14.2. The predicted octanol–water partition coefficient (Wildman–Crippen LogP) is 14.4. The van der Waals surface area contributed by atoms with Crippen LogP contribution in [-0.2, 0) is 6.42 Å². The topological polar surface area (TPSA) is 29.5 Å². The summed E-state index contributed by atoms with van der Waals surface area (Å²) >= 11 is 0. The summed E-state index contributed by atoms with van der Waals surface area (Å²) in [5.74, 6) is 1.17. The Balaban J connectivity index is 1.66. The maximum absolute atomic E-state index is 10.8. The van der Waals surface area contributed by atoms with Crippen molar-refractivity contribution in [2.45, 2.75) is 139 Å². The van der Waals surface area contributed by atoms with Gasteiger partial charge in [0, 0.05) is 16.3 Å². The van der Waals surface area contributed by atoms with Gasteiger partial charge in [0.2, 0.25) is 0 Å². The van der Waals surface area contributed by atoms with Gasteiger partial charge < -0.3 is 9.84 Å². The first kappa shape index (κ1) is 40.7. The Morgan fingerprint density at radius 2 is 0.875 bits per heavy atom. The molecule has 0 bridgehead atoms. The number of rotatable bonds is 21. The Kier molecular flexibility index (Phi) is 19.4. The van der Waals surface area contributed by atoms with Crippen molar-refractivity contribution >= 4 is 10.8 Å². The molecule has 0 atom stereocenters. The zero-order valence-electron chi connectivity index (χ0n) is 32.0. The molecule has 0 saturated heterocycles. The average Bonchev–Trinajstić information content (AvgIpc) is 3.04. The van der Waals surface area contributed by atoms with Crippen LogP contribution < -0.4 is 4.74 Å². The van der Waals surface area contributed by atoms with Crippen LogP contribution >= 0.6 is 0 Å². The summed E-state index contributed by atoms with van der Waals surface area (Å²) in [7, 11) is 1.69. The van der Waals surface area contributed by atoms with Crippen molar-refractivity contribution in [2.24, 2.45) is 0 Å². The van der Waals surface area contributed by atoms with Gasteiger partial charge in [0.1, 0.15) is 11.5 Å². The van der Waals surface area contributed by atoms with Gasteiger partial charge in [-0.1, -0.05) is 106 Å². The molecule has 2 aromatic rings. The molecule has 262 valence electrons. The van der Waals surface area contributed by atoms with Crippen LogP contribution in [-0.4, -0.2) is 12.2 Å². The van der Waals surface area contributed by atoms with Crippen LogP contribution in [0.5, 0.6) is 11.5 Å². The number of phenolic OH excluding ortho intramolecular Hbond substituents is 1. The summed E-state index contributed by atoms with van der Waals surface area (Å²) in [6.45, 7) is 17.9. The van der Waals surface area contributed by atoms with Gasteiger partial charge >= 0.3 is 0 Å². The van der Waals surface area contributed by atoms with Crippen LogP contribution in [0, 0.1) is 0 Å². The fourth-order valence-corrected chi connectivity index (χ4v) is 5.92. The second kappa shape index (κ2) is 22.9. The highest BCUT2D eigenvalue weighted by molar-refractivity contribution is 5.94. The van der Waals surface area contributed by atoms with Gasteiger partial charge in [-0.05, 0) is 145 Å². The van der Waals surface area contributed by atoms with Crippen LogP contribution in [0.25, 0.3) is 10.8 Å². The van der Waals surface area contributed by atoms with Crippen molar-refractivity contribution in [3.05, 3.63) is 117 Å². The van der Waals surface area contributed by atoms with Crippen molar-refractivity contribution in [3.8, 4) is 11.5 Å². The molecular formula is C46H66O2. The number of methoxy groups -OCH3 is 1. The molecule has 48 heavy (non-hydrogen) atoms. The Labute approximate surface area is 294 Å². The standard InChI is InChI=1S/C46H66O2/c1-35(2)18-12-19-36(3)20-13-21-37(4)22-14-23-38(5)24-15-25-39(6)26-16-27-40(7)28-17-29-41(8)32-33-42-34-45(48-9)43-30-10-11-31-44(43)46(42)47/h10-11,18,20,22,24,26,28,30-32,34,47H,12-17,19,21,23,25,27,29,33H2,1-9H3/b36-20+,37-22+,38-24+,39-26+,40-28+,41-32+. The van der Waals surface area contributed by atoms with Gasteiger partial charge in [0.05, 0.1) is 7.11 Å². The number of hydrogen-bond acceptors (Lipinski definition) is 2. The maximum atomic E-state index is 10.8. The summed E-state index contributed by atoms with van der Waals surface area (Å²) in [6, 6.07) is 9.83. The third-order valence-electron chi connectivity index (χ3n) is 9.20. The van der Waals surface area contributed by atoms with E-state index < -0.39 is 0 Å². The molecule has 0 amide bonds. The van der Waals surface area contributed by atoms with Gasteiger partial charge in [-0.25, -0.2) is 0 Å². The summed E-state index contributed by atoms with van der Waals surface area (Å²) in [5, 5.41) is 12.6. The summed E-state index contributed by atoms with van der Waals surface area (Å²) in [4.78, 5) is 0. The molecule has 1 N–H and O–H groups in total. The fraction of sp³-hybridized carbons (Fsp3) is 0.478. The highest BCUT2D eigenvalue weighted by atomic mass is 16.5. The Morgan fingerprint density at radius 1 is 0.521 bits per heavy atom. The molecule has 2 rings (SSSR count). The van der Waals surface area contributed by atoms with E-state index in [2.05, 4.69) is 97.9 Å². The van der Waals surface area contributed by atoms with Crippen LogP contribution in [0.1, 0.15) is 138 Å². The number of fused-ring (bicyclic) bond motifs is 1. The van der Waals surface area contributed by atoms with Crippen LogP contribution in [0.4, 0.5) is 0 Å². The van der Waals surface area contributed by atoms with Gasteiger partial charge in [-0.3, -0.25) is 0 Å². The molecule has 2 aromatic carbocycles. The molecule has 0 fully saturated rings. The van der Waals surface area contributed by atoms with Crippen LogP contribution in [0.2, 0.25) is 0 Å². The average molecular weight is 651 g/mol. The van der Waals surface area contributed by atoms with E-state index in [1.807, 2.05) is 30.3 Å². The van der Waals surface area contributed by atoms with Crippen LogP contribution in [0.15, 0.2) is 112 Å². The number of hydrogen-bond donors (Lipinski definition) is 1. The zero-order valence-corrected chi connectivity index (χ0v) is 32.0. The van der Waals surface area contributed by atoms with E-state index in [1.54, 1.807) is 7.11 Å². The van der Waals surface area contributed by atoms with E-state index in [0.717, 1.165) is 86.3 Å². The Hall–Kier alpha value is -3.52. The molecule has 0 aliphatic rings. The van der Waals surface area contributed by atoms with Crippen molar-refractivity contribution < 1.29 is 9.84 Å². The fourth-order valence-electron chi connectivity index (χ4n) is 5.92. The number of allylic oxidation sites excluding steroid dienone is 14. The maximum Gasteiger partial charge on any atom is 0.127 e. The van der Waals surface area contributed by atoms with E-state index in [9.17, 15) is 5.11 Å². The minimum atomic E-state index is 0.356. The minimum Gasteiger partial charge on any atom is -0.507 e. The normalized spacial score (nSPS) is 13.8. The van der Waals surface area contributed by atoms with Gasteiger partial charge in [0.15, 0.2) is 0 Å². The number of aromatic hydroxyl groups is 1. The summed E-state index contributed by atoms with van der Waals surface area (Å²) in [6.07, 6.45) is 31.0. The van der Waals surface area contributed by atoms with E-state index >= 15 is 0 Å². The molecular weight excluding hydrogens is 585 g/mol. The molecule has 2 nitrogen and oxygen atoms in total. The third kappa shape index (κ3) is 16.5. The molecule has 0 spiro atoms. The van der Waals surface area contributed by atoms with E-state index in [1.165, 1.54) is 51.9 Å². The van der Waals surface area contributed by atoms with Gasteiger partial charge in [0.25, 0.3) is 0 Å². The summed E-state index contributed by atoms with van der Waals surface area (Å²) < 4.78 is 5.59. The number of ether oxygens (including phenoxy) is 1. The lowest BCUT2D eigenvalue weighted by atomic mass is 10.00. The molecule has 0 saturated carbocycles. The quantitative estimate of drug-likeness (QED) is 0.136. The molecule has 0 aliphatic carbocycles. The largest absolute Gasteiger partial charge is 0.507 e. The Bertz CT molecular complexity index is 1500. The number of phenols is 1. The van der Waals surface area contributed by atoms with Crippen molar-refractivity contribution in [1.82, 2.24) is 0 Å². The van der Waals surface area contributed by atoms with E-state index in [-0.39, 0.29) is 0 Å².